The number of allylic oxidation sites excluding steroid dienone is 1. The lowest BCUT2D eigenvalue weighted by molar-refractivity contribution is -0.688. The van der Waals surface area contributed by atoms with E-state index in [2.05, 4.69) is 29.1 Å². The number of benzene rings is 2. The van der Waals surface area contributed by atoms with Gasteiger partial charge in [0.1, 0.15) is 0 Å². The van der Waals surface area contributed by atoms with E-state index in [4.69, 9.17) is 9.47 Å². The summed E-state index contributed by atoms with van der Waals surface area (Å²) < 4.78 is 12.9. The van der Waals surface area contributed by atoms with E-state index in [-0.39, 0.29) is 5.78 Å². The second-order valence-electron chi connectivity index (χ2n) is 7.15. The number of methoxy groups -OCH3 is 2. The second kappa shape index (κ2) is 8.31. The number of carbonyl (C=O) groups excluding carboxylic acids is 1. The summed E-state index contributed by atoms with van der Waals surface area (Å²) in [5, 5.41) is 0. The highest BCUT2D eigenvalue weighted by atomic mass is 16.5. The quantitative estimate of drug-likeness (QED) is 0.486. The molecular formula is C25H24NO3+. The van der Waals surface area contributed by atoms with Gasteiger partial charge in [0.2, 0.25) is 0 Å². The zero-order chi connectivity index (χ0) is 20.2. The number of ether oxygens (including phenoxy) is 2. The van der Waals surface area contributed by atoms with E-state index in [1.807, 2.05) is 42.5 Å². The zero-order valence-corrected chi connectivity index (χ0v) is 16.7. The highest BCUT2D eigenvalue weighted by Crippen LogP contribution is 2.35. The maximum atomic E-state index is 13.0. The Morgan fingerprint density at radius 1 is 0.931 bits per heavy atom. The van der Waals surface area contributed by atoms with Crippen LogP contribution >= 0.6 is 0 Å². The molecule has 29 heavy (non-hydrogen) atoms. The molecule has 0 saturated heterocycles. The molecular weight excluding hydrogens is 362 g/mol. The first-order valence-corrected chi connectivity index (χ1v) is 9.71. The molecule has 1 aromatic heterocycles. The van der Waals surface area contributed by atoms with E-state index in [0.29, 0.717) is 17.1 Å². The van der Waals surface area contributed by atoms with Crippen molar-refractivity contribution in [3.05, 3.63) is 94.8 Å². The summed E-state index contributed by atoms with van der Waals surface area (Å²) in [6, 6.07) is 18.2. The lowest BCUT2D eigenvalue weighted by Gasteiger charge is -2.20. The molecule has 146 valence electrons. The van der Waals surface area contributed by atoms with Gasteiger partial charge in [0.05, 0.1) is 14.2 Å². The van der Waals surface area contributed by atoms with E-state index in [1.165, 1.54) is 5.56 Å². The van der Waals surface area contributed by atoms with Gasteiger partial charge in [-0.25, -0.2) is 4.57 Å². The third-order valence-electron chi connectivity index (χ3n) is 5.28. The van der Waals surface area contributed by atoms with Crippen LogP contribution in [0.3, 0.4) is 0 Å². The van der Waals surface area contributed by atoms with Gasteiger partial charge in [0.25, 0.3) is 0 Å². The lowest BCUT2D eigenvalue weighted by Crippen LogP contribution is -2.33. The molecule has 0 fully saturated rings. The van der Waals surface area contributed by atoms with E-state index in [0.717, 1.165) is 36.1 Å². The fourth-order valence-electron chi connectivity index (χ4n) is 3.70. The van der Waals surface area contributed by atoms with Crippen LogP contribution < -0.4 is 14.0 Å². The molecule has 0 bridgehead atoms. The summed E-state index contributed by atoms with van der Waals surface area (Å²) in [5.41, 5.74) is 4.83. The molecule has 4 heteroatoms. The molecule has 0 spiro atoms. The van der Waals surface area contributed by atoms with Crippen molar-refractivity contribution in [1.29, 1.82) is 0 Å². The van der Waals surface area contributed by atoms with Crippen LogP contribution in [-0.4, -0.2) is 20.0 Å². The summed E-state index contributed by atoms with van der Waals surface area (Å²) >= 11 is 0. The van der Waals surface area contributed by atoms with Gasteiger partial charge >= 0.3 is 0 Å². The van der Waals surface area contributed by atoms with Crippen molar-refractivity contribution in [1.82, 2.24) is 0 Å². The number of rotatable bonds is 5. The average molecular weight is 386 g/mol. The van der Waals surface area contributed by atoms with Crippen molar-refractivity contribution >= 4 is 11.9 Å². The maximum absolute atomic E-state index is 13.0. The minimum Gasteiger partial charge on any atom is -0.493 e. The van der Waals surface area contributed by atoms with Crippen molar-refractivity contribution in [3.8, 4) is 11.5 Å². The van der Waals surface area contributed by atoms with Gasteiger partial charge in [-0.15, -0.1) is 0 Å². The molecule has 3 aromatic rings. The molecule has 4 rings (SSSR count). The van der Waals surface area contributed by atoms with Crippen LogP contribution in [-0.2, 0) is 13.0 Å². The topological polar surface area (TPSA) is 39.4 Å². The maximum Gasteiger partial charge on any atom is 0.189 e. The summed E-state index contributed by atoms with van der Waals surface area (Å²) in [7, 11) is 3.20. The zero-order valence-electron chi connectivity index (χ0n) is 16.7. The second-order valence-corrected chi connectivity index (χ2v) is 7.15. The lowest BCUT2D eigenvalue weighted by atomic mass is 9.85. The molecule has 0 saturated carbocycles. The Balaban J connectivity index is 1.55. The van der Waals surface area contributed by atoms with Crippen LogP contribution in [0.5, 0.6) is 11.5 Å². The smallest absolute Gasteiger partial charge is 0.189 e. The van der Waals surface area contributed by atoms with Gasteiger partial charge in [-0.05, 0) is 42.2 Å². The number of carbonyl (C=O) groups is 1. The van der Waals surface area contributed by atoms with Crippen LogP contribution in [0.1, 0.15) is 33.5 Å². The molecule has 4 nitrogen and oxygen atoms in total. The molecule has 0 amide bonds. The number of aryl methyl sites for hydroxylation is 1. The Kier molecular flexibility index (Phi) is 5.43. The molecule has 0 unspecified atom stereocenters. The monoisotopic (exact) mass is 386 g/mol. The predicted molar refractivity (Wildman–Crippen MR) is 112 cm³/mol. The minimum absolute atomic E-state index is 0.0632. The normalized spacial score (nSPS) is 14.6. The number of hydrogen-bond donors (Lipinski definition) is 0. The Morgan fingerprint density at radius 3 is 2.31 bits per heavy atom. The minimum atomic E-state index is 0.0632. The highest BCUT2D eigenvalue weighted by Gasteiger charge is 2.24. The SMILES string of the molecule is COc1cc2c(cc1OC)C(=O)C(=Cc1cc[n+](Cc3ccccc3)cc1)CC2. The van der Waals surface area contributed by atoms with E-state index >= 15 is 0 Å². The molecule has 1 heterocycles. The summed E-state index contributed by atoms with van der Waals surface area (Å²) in [6.07, 6.45) is 7.63. The third kappa shape index (κ3) is 4.06. The summed E-state index contributed by atoms with van der Waals surface area (Å²) in [6.45, 7) is 0.825. The van der Waals surface area contributed by atoms with E-state index < -0.39 is 0 Å². The predicted octanol–water partition coefficient (Wildman–Crippen LogP) is 4.25. The Bertz CT molecular complexity index is 1050. The molecule has 0 atom stereocenters. The number of pyridine rings is 1. The van der Waals surface area contributed by atoms with Gasteiger partial charge in [-0.2, -0.15) is 0 Å². The fourth-order valence-corrected chi connectivity index (χ4v) is 3.70. The van der Waals surface area contributed by atoms with E-state index in [9.17, 15) is 4.79 Å². The average Bonchev–Trinajstić information content (AvgIpc) is 2.77. The molecule has 0 aliphatic heterocycles. The van der Waals surface area contributed by atoms with Gasteiger partial charge < -0.3 is 9.47 Å². The Labute approximate surface area is 171 Å². The van der Waals surface area contributed by atoms with Crippen LogP contribution in [0.2, 0.25) is 0 Å². The van der Waals surface area contributed by atoms with Gasteiger partial charge in [-0.3, -0.25) is 4.79 Å². The van der Waals surface area contributed by atoms with Crippen molar-refractivity contribution in [2.45, 2.75) is 19.4 Å². The van der Waals surface area contributed by atoms with Crippen molar-refractivity contribution in [2.24, 2.45) is 0 Å². The molecule has 0 N–H and O–H groups in total. The number of Topliss-reactive ketones (excluding diaryl/α,β-unsaturated/α-hetero) is 1. The standard InChI is InChI=1S/C25H24NO3/c1-28-23-15-20-8-9-21(25(27)22(20)16-24(23)29-2)14-18-10-12-26(13-11-18)17-19-6-4-3-5-7-19/h3-7,10-16H,8-9,17H2,1-2H3/q+1. The largest absolute Gasteiger partial charge is 0.493 e. The Morgan fingerprint density at radius 2 is 1.62 bits per heavy atom. The van der Waals surface area contributed by atoms with Crippen LogP contribution in [0.4, 0.5) is 0 Å². The molecule has 1 aliphatic carbocycles. The highest BCUT2D eigenvalue weighted by molar-refractivity contribution is 6.13. The van der Waals surface area contributed by atoms with Gasteiger partial charge in [0, 0.05) is 28.8 Å². The summed E-state index contributed by atoms with van der Waals surface area (Å²) in [5.74, 6) is 1.31. The number of fused-ring (bicyclic) bond motifs is 1. The Hall–Kier alpha value is -3.40. The third-order valence-corrected chi connectivity index (χ3v) is 5.28. The first kappa shape index (κ1) is 18.9. The van der Waals surface area contributed by atoms with Crippen molar-refractivity contribution in [3.63, 3.8) is 0 Å². The van der Waals surface area contributed by atoms with E-state index in [1.54, 1.807) is 20.3 Å². The number of hydrogen-bond acceptors (Lipinski definition) is 3. The number of aromatic nitrogens is 1. The van der Waals surface area contributed by atoms with Gasteiger partial charge in [0.15, 0.2) is 36.2 Å². The van der Waals surface area contributed by atoms with Crippen LogP contribution in [0.25, 0.3) is 6.08 Å². The molecule has 1 aliphatic rings. The van der Waals surface area contributed by atoms with Crippen LogP contribution in [0, 0.1) is 0 Å². The van der Waals surface area contributed by atoms with Gasteiger partial charge in [-0.1, -0.05) is 30.3 Å². The number of nitrogens with zero attached hydrogens (tertiary/aromatic N) is 1. The van der Waals surface area contributed by atoms with Crippen LogP contribution in [0.15, 0.2) is 72.6 Å². The molecule has 0 radical (unpaired) electrons. The summed E-state index contributed by atoms with van der Waals surface area (Å²) in [4.78, 5) is 13.0. The first-order valence-electron chi connectivity index (χ1n) is 9.71. The first-order chi connectivity index (χ1) is 14.2. The number of ketones is 1. The van der Waals surface area contributed by atoms with Crippen molar-refractivity contribution < 1.29 is 18.8 Å². The fraction of sp³-hybridized carbons (Fsp3) is 0.200. The van der Waals surface area contributed by atoms with Crippen molar-refractivity contribution in [2.75, 3.05) is 14.2 Å². The molecule has 2 aromatic carbocycles.